The number of nitrogens with one attached hydrogen (secondary N) is 1. The minimum atomic E-state index is -0.421. The highest BCUT2D eigenvalue weighted by Crippen LogP contribution is 2.18. The molecule has 164 valence electrons. The summed E-state index contributed by atoms with van der Waals surface area (Å²) in [6.45, 7) is 6.35. The Morgan fingerprint density at radius 3 is 2.77 bits per heavy atom. The molecule has 7 heteroatoms. The van der Waals surface area contributed by atoms with Gasteiger partial charge in [0.25, 0.3) is 0 Å². The molecule has 1 aliphatic rings. The van der Waals surface area contributed by atoms with Gasteiger partial charge >= 0.3 is 0 Å². The molecule has 1 atom stereocenters. The Morgan fingerprint density at radius 1 is 1.20 bits per heavy atom. The van der Waals surface area contributed by atoms with Gasteiger partial charge in [0.15, 0.2) is 5.96 Å². The number of hydrogen-bond acceptors (Lipinski definition) is 2. The molecule has 0 aromatic heterocycles. The van der Waals surface area contributed by atoms with Crippen LogP contribution in [0.2, 0.25) is 0 Å². The molecule has 1 saturated heterocycles. The lowest BCUT2D eigenvalue weighted by atomic mass is 10.1. The quantitative estimate of drug-likeness (QED) is 0.308. The minimum Gasteiger partial charge on any atom is -0.376 e. The van der Waals surface area contributed by atoms with Crippen LogP contribution in [0.15, 0.2) is 53.5 Å². The number of hydrogen-bond donors (Lipinski definition) is 1. The summed E-state index contributed by atoms with van der Waals surface area (Å²) < 4.78 is 33.0. The van der Waals surface area contributed by atoms with Crippen LogP contribution >= 0.6 is 24.0 Å². The Kier molecular flexibility index (Phi) is 10.5. The molecule has 0 spiro atoms. The molecule has 1 unspecified atom stereocenters. The standard InChI is InChI=1S/C23H29F2N3O.HI/c1-2-26-23(27-12-10-20-14-21(24)8-9-22(20)25)28-13-11-19(15-28)17-29-16-18-6-4-3-5-7-18;/h3-9,14,19H,2,10-13,15-17H2,1H3,(H,26,27);1H. The van der Waals surface area contributed by atoms with Crippen molar-refractivity contribution in [3.05, 3.63) is 71.3 Å². The van der Waals surface area contributed by atoms with Gasteiger partial charge in [-0.2, -0.15) is 0 Å². The molecule has 1 aliphatic heterocycles. The van der Waals surface area contributed by atoms with Crippen molar-refractivity contribution in [1.82, 2.24) is 10.2 Å². The van der Waals surface area contributed by atoms with E-state index in [1.807, 2.05) is 25.1 Å². The number of nitrogens with zero attached hydrogens (tertiary/aromatic N) is 2. The van der Waals surface area contributed by atoms with Gasteiger partial charge in [0.05, 0.1) is 13.2 Å². The normalized spacial score (nSPS) is 16.4. The van der Waals surface area contributed by atoms with Crippen LogP contribution < -0.4 is 5.32 Å². The molecule has 0 aliphatic carbocycles. The zero-order valence-electron chi connectivity index (χ0n) is 17.3. The van der Waals surface area contributed by atoms with E-state index in [4.69, 9.17) is 4.74 Å². The van der Waals surface area contributed by atoms with E-state index < -0.39 is 5.82 Å². The zero-order chi connectivity index (χ0) is 20.5. The van der Waals surface area contributed by atoms with Gasteiger partial charge in [0.1, 0.15) is 11.6 Å². The third-order valence-electron chi connectivity index (χ3n) is 5.04. The van der Waals surface area contributed by atoms with Crippen LogP contribution in [0.3, 0.4) is 0 Å². The van der Waals surface area contributed by atoms with Crippen molar-refractivity contribution >= 4 is 29.9 Å². The predicted octanol–water partition coefficient (Wildman–Crippen LogP) is 4.63. The second-order valence-corrected chi connectivity index (χ2v) is 7.32. The number of likely N-dealkylation sites (tertiary alicyclic amines) is 1. The molecule has 0 radical (unpaired) electrons. The Bertz CT molecular complexity index is 804. The molecule has 30 heavy (non-hydrogen) atoms. The van der Waals surface area contributed by atoms with Crippen molar-refractivity contribution in [2.45, 2.75) is 26.4 Å². The molecule has 2 aromatic carbocycles. The van der Waals surface area contributed by atoms with Crippen molar-refractivity contribution in [2.75, 3.05) is 32.8 Å². The topological polar surface area (TPSA) is 36.9 Å². The first-order valence-electron chi connectivity index (χ1n) is 10.2. The number of aliphatic imine (C=N–C) groups is 1. The van der Waals surface area contributed by atoms with Crippen molar-refractivity contribution in [3.63, 3.8) is 0 Å². The van der Waals surface area contributed by atoms with Crippen LogP contribution in [-0.4, -0.2) is 43.6 Å². The minimum absolute atomic E-state index is 0. The van der Waals surface area contributed by atoms with Gasteiger partial charge < -0.3 is 15.0 Å². The maximum Gasteiger partial charge on any atom is 0.193 e. The molecular formula is C23H30F2IN3O. The van der Waals surface area contributed by atoms with E-state index in [1.54, 1.807) is 0 Å². The molecule has 3 rings (SSSR count). The molecule has 1 heterocycles. The first-order valence-corrected chi connectivity index (χ1v) is 10.2. The summed E-state index contributed by atoms with van der Waals surface area (Å²) in [6, 6.07) is 13.7. The lowest BCUT2D eigenvalue weighted by molar-refractivity contribution is 0.0907. The monoisotopic (exact) mass is 529 g/mol. The van der Waals surface area contributed by atoms with Crippen molar-refractivity contribution in [2.24, 2.45) is 10.9 Å². The summed E-state index contributed by atoms with van der Waals surface area (Å²) in [4.78, 5) is 6.85. The fourth-order valence-corrected chi connectivity index (χ4v) is 3.52. The number of ether oxygens (including phenoxy) is 1. The van der Waals surface area contributed by atoms with Gasteiger partial charge in [0, 0.05) is 32.1 Å². The smallest absolute Gasteiger partial charge is 0.193 e. The van der Waals surface area contributed by atoms with E-state index in [1.165, 1.54) is 17.7 Å². The van der Waals surface area contributed by atoms with Crippen molar-refractivity contribution in [1.29, 1.82) is 0 Å². The molecule has 0 amide bonds. The summed E-state index contributed by atoms with van der Waals surface area (Å²) >= 11 is 0. The maximum atomic E-state index is 13.8. The lowest BCUT2D eigenvalue weighted by Crippen LogP contribution is -2.40. The molecule has 1 fully saturated rings. The number of guanidine groups is 1. The highest BCUT2D eigenvalue weighted by Gasteiger charge is 2.25. The van der Waals surface area contributed by atoms with Gasteiger partial charge in [-0.15, -0.1) is 24.0 Å². The molecule has 4 nitrogen and oxygen atoms in total. The van der Waals surface area contributed by atoms with E-state index in [0.717, 1.165) is 44.7 Å². The van der Waals surface area contributed by atoms with Crippen LogP contribution in [0.5, 0.6) is 0 Å². The average molecular weight is 529 g/mol. The highest BCUT2D eigenvalue weighted by atomic mass is 127. The van der Waals surface area contributed by atoms with Crippen LogP contribution in [0.1, 0.15) is 24.5 Å². The fourth-order valence-electron chi connectivity index (χ4n) is 3.52. The number of halogens is 3. The number of benzene rings is 2. The Morgan fingerprint density at radius 2 is 2.00 bits per heavy atom. The Hall–Kier alpha value is -1.74. The molecule has 0 saturated carbocycles. The zero-order valence-corrected chi connectivity index (χ0v) is 19.7. The lowest BCUT2D eigenvalue weighted by Gasteiger charge is -2.21. The summed E-state index contributed by atoms with van der Waals surface area (Å²) in [5.74, 6) is 0.483. The third-order valence-corrected chi connectivity index (χ3v) is 5.04. The molecule has 1 N–H and O–H groups in total. The third kappa shape index (κ3) is 7.50. The molecular weight excluding hydrogens is 499 g/mol. The van der Waals surface area contributed by atoms with E-state index in [2.05, 4.69) is 27.3 Å². The average Bonchev–Trinajstić information content (AvgIpc) is 3.19. The van der Waals surface area contributed by atoms with Crippen LogP contribution in [-0.2, 0) is 17.8 Å². The highest BCUT2D eigenvalue weighted by molar-refractivity contribution is 14.0. The van der Waals surface area contributed by atoms with Crippen LogP contribution in [0, 0.1) is 17.6 Å². The summed E-state index contributed by atoms with van der Waals surface area (Å²) in [5, 5.41) is 3.31. The van der Waals surface area contributed by atoms with E-state index >= 15 is 0 Å². The van der Waals surface area contributed by atoms with Gasteiger partial charge in [-0.1, -0.05) is 30.3 Å². The number of rotatable bonds is 8. The van der Waals surface area contributed by atoms with E-state index in [0.29, 0.717) is 31.1 Å². The van der Waals surface area contributed by atoms with Gasteiger partial charge in [-0.25, -0.2) is 8.78 Å². The van der Waals surface area contributed by atoms with Crippen LogP contribution in [0.25, 0.3) is 0 Å². The van der Waals surface area contributed by atoms with Gasteiger partial charge in [0.2, 0.25) is 0 Å². The summed E-state index contributed by atoms with van der Waals surface area (Å²) in [6.07, 6.45) is 1.42. The Balaban J connectivity index is 0.00000320. The van der Waals surface area contributed by atoms with E-state index in [9.17, 15) is 8.78 Å². The first kappa shape index (κ1) is 24.5. The predicted molar refractivity (Wildman–Crippen MR) is 127 cm³/mol. The summed E-state index contributed by atoms with van der Waals surface area (Å²) in [7, 11) is 0. The van der Waals surface area contributed by atoms with E-state index in [-0.39, 0.29) is 29.8 Å². The molecule has 0 bridgehead atoms. The largest absolute Gasteiger partial charge is 0.376 e. The van der Waals surface area contributed by atoms with Crippen molar-refractivity contribution in [3.8, 4) is 0 Å². The van der Waals surface area contributed by atoms with Crippen molar-refractivity contribution < 1.29 is 13.5 Å². The summed E-state index contributed by atoms with van der Waals surface area (Å²) in [5.41, 5.74) is 1.54. The fraction of sp³-hybridized carbons (Fsp3) is 0.435. The second-order valence-electron chi connectivity index (χ2n) is 7.32. The SMILES string of the molecule is CCNC(=NCCc1cc(F)ccc1F)N1CCC(COCc2ccccc2)C1.I. The second kappa shape index (κ2) is 12.8. The van der Waals surface area contributed by atoms with Gasteiger partial charge in [-0.3, -0.25) is 4.99 Å². The maximum absolute atomic E-state index is 13.8. The van der Waals surface area contributed by atoms with Gasteiger partial charge in [-0.05, 0) is 49.1 Å². The van der Waals surface area contributed by atoms with Crippen LogP contribution in [0.4, 0.5) is 8.78 Å². The first-order chi connectivity index (χ1) is 14.2. The Labute approximate surface area is 194 Å². The molecule has 2 aromatic rings.